The van der Waals surface area contributed by atoms with E-state index in [2.05, 4.69) is 4.98 Å². The predicted molar refractivity (Wildman–Crippen MR) is 96.2 cm³/mol. The van der Waals surface area contributed by atoms with E-state index in [0.717, 1.165) is 34.5 Å². The SMILES string of the molecule is Cc1sc2ncn(CC(=O)c3ccc4c(c3)CCC4)c(=O)c2c1C. The molecule has 0 fully saturated rings. The topological polar surface area (TPSA) is 52.0 Å². The molecule has 0 saturated carbocycles. The molecule has 4 nitrogen and oxygen atoms in total. The van der Waals surface area contributed by atoms with Gasteiger partial charge < -0.3 is 0 Å². The molecule has 0 atom stereocenters. The van der Waals surface area contributed by atoms with Crippen molar-refractivity contribution in [1.82, 2.24) is 9.55 Å². The number of hydrogen-bond donors (Lipinski definition) is 0. The molecule has 2 heterocycles. The smallest absolute Gasteiger partial charge is 0.262 e. The van der Waals surface area contributed by atoms with Gasteiger partial charge in [-0.3, -0.25) is 14.2 Å². The summed E-state index contributed by atoms with van der Waals surface area (Å²) in [5.74, 6) is -0.0439. The zero-order valence-electron chi connectivity index (χ0n) is 13.8. The molecule has 1 aliphatic rings. The second-order valence-electron chi connectivity index (χ2n) is 6.40. The first kappa shape index (κ1) is 15.3. The van der Waals surface area contributed by atoms with E-state index in [-0.39, 0.29) is 17.9 Å². The van der Waals surface area contributed by atoms with Gasteiger partial charge in [0.2, 0.25) is 0 Å². The van der Waals surface area contributed by atoms with Crippen molar-refractivity contribution < 1.29 is 4.79 Å². The summed E-state index contributed by atoms with van der Waals surface area (Å²) in [6, 6.07) is 5.91. The molecular formula is C19H18N2O2S. The number of nitrogens with zero attached hydrogens (tertiary/aromatic N) is 2. The average molecular weight is 338 g/mol. The largest absolute Gasteiger partial charge is 0.292 e. The number of aryl methyl sites for hydroxylation is 4. The van der Waals surface area contributed by atoms with Gasteiger partial charge in [0.05, 0.1) is 18.3 Å². The Morgan fingerprint density at radius 1 is 1.25 bits per heavy atom. The third kappa shape index (κ3) is 2.40. The van der Waals surface area contributed by atoms with Crippen LogP contribution >= 0.6 is 11.3 Å². The van der Waals surface area contributed by atoms with E-state index < -0.39 is 0 Å². The molecule has 0 amide bonds. The molecule has 0 spiro atoms. The minimum atomic E-state index is -0.128. The van der Waals surface area contributed by atoms with E-state index in [0.29, 0.717) is 10.9 Å². The highest BCUT2D eigenvalue weighted by atomic mass is 32.1. The van der Waals surface area contributed by atoms with Crippen molar-refractivity contribution >= 4 is 27.3 Å². The predicted octanol–water partition coefficient (Wildman–Crippen LogP) is 3.45. The maximum Gasteiger partial charge on any atom is 0.262 e. The van der Waals surface area contributed by atoms with Gasteiger partial charge in [0.25, 0.3) is 5.56 Å². The quantitative estimate of drug-likeness (QED) is 0.687. The number of ketones is 1. The summed E-state index contributed by atoms with van der Waals surface area (Å²) in [5, 5.41) is 0.641. The number of carbonyl (C=O) groups excluding carboxylic acids is 1. The minimum absolute atomic E-state index is 0.0366. The number of thiophene rings is 1. The molecule has 0 saturated heterocycles. The number of carbonyl (C=O) groups is 1. The van der Waals surface area contributed by atoms with Crippen LogP contribution in [-0.2, 0) is 19.4 Å². The van der Waals surface area contributed by atoms with Crippen LogP contribution in [0.3, 0.4) is 0 Å². The number of hydrogen-bond acceptors (Lipinski definition) is 4. The standard InChI is InChI=1S/C19H18N2O2S/c1-11-12(2)24-18-17(11)19(23)21(10-20-18)9-16(22)15-7-6-13-4-3-5-14(13)8-15/h6-8,10H,3-5,9H2,1-2H3. The molecule has 0 N–H and O–H groups in total. The highest BCUT2D eigenvalue weighted by Crippen LogP contribution is 2.26. The number of aromatic nitrogens is 2. The second kappa shape index (κ2) is 5.67. The molecule has 4 rings (SSSR count). The Morgan fingerprint density at radius 2 is 2.04 bits per heavy atom. The van der Waals surface area contributed by atoms with Gasteiger partial charge in [0, 0.05) is 10.4 Å². The number of fused-ring (bicyclic) bond motifs is 2. The molecule has 0 bridgehead atoms. The lowest BCUT2D eigenvalue weighted by Crippen LogP contribution is -2.24. The Labute approximate surface area is 143 Å². The minimum Gasteiger partial charge on any atom is -0.292 e. The first-order valence-corrected chi connectivity index (χ1v) is 8.96. The van der Waals surface area contributed by atoms with Crippen LogP contribution in [0.5, 0.6) is 0 Å². The van der Waals surface area contributed by atoms with Crippen molar-refractivity contribution in [3.63, 3.8) is 0 Å². The van der Waals surface area contributed by atoms with E-state index in [1.165, 1.54) is 33.4 Å². The fourth-order valence-corrected chi connectivity index (χ4v) is 4.36. The van der Waals surface area contributed by atoms with Crippen LogP contribution in [0.15, 0.2) is 29.3 Å². The summed E-state index contributed by atoms with van der Waals surface area (Å²) < 4.78 is 1.43. The number of benzene rings is 1. The van der Waals surface area contributed by atoms with Gasteiger partial charge in [0.1, 0.15) is 4.83 Å². The lowest BCUT2D eigenvalue weighted by atomic mass is 10.0. The molecule has 122 valence electrons. The number of rotatable bonds is 3. The van der Waals surface area contributed by atoms with Crippen molar-refractivity contribution in [2.75, 3.05) is 0 Å². The van der Waals surface area contributed by atoms with Crippen molar-refractivity contribution in [3.05, 3.63) is 62.0 Å². The van der Waals surface area contributed by atoms with Crippen molar-refractivity contribution in [2.45, 2.75) is 39.7 Å². The monoisotopic (exact) mass is 338 g/mol. The molecule has 2 aromatic heterocycles. The summed E-state index contributed by atoms with van der Waals surface area (Å²) >= 11 is 1.52. The highest BCUT2D eigenvalue weighted by Gasteiger charge is 2.16. The summed E-state index contributed by atoms with van der Waals surface area (Å²) in [5.41, 5.74) is 4.13. The van der Waals surface area contributed by atoms with Crippen molar-refractivity contribution in [3.8, 4) is 0 Å². The average Bonchev–Trinajstić information content (AvgIpc) is 3.14. The second-order valence-corrected chi connectivity index (χ2v) is 7.60. The van der Waals surface area contributed by atoms with E-state index in [4.69, 9.17) is 0 Å². The van der Waals surface area contributed by atoms with Gasteiger partial charge in [-0.1, -0.05) is 12.1 Å². The molecule has 1 aliphatic carbocycles. The summed E-state index contributed by atoms with van der Waals surface area (Å²) in [7, 11) is 0. The molecule has 0 unspecified atom stereocenters. The first-order chi connectivity index (χ1) is 11.5. The molecule has 5 heteroatoms. The summed E-state index contributed by atoms with van der Waals surface area (Å²) in [4.78, 5) is 31.5. The molecular weight excluding hydrogens is 320 g/mol. The van der Waals surface area contributed by atoms with Gasteiger partial charge in [-0.05, 0) is 55.9 Å². The van der Waals surface area contributed by atoms with Crippen molar-refractivity contribution in [2.24, 2.45) is 0 Å². The maximum atomic E-state index is 12.7. The Morgan fingerprint density at radius 3 is 2.88 bits per heavy atom. The van der Waals surface area contributed by atoms with Crippen LogP contribution in [0.2, 0.25) is 0 Å². The normalized spacial score (nSPS) is 13.4. The third-order valence-electron chi connectivity index (χ3n) is 4.89. The van der Waals surface area contributed by atoms with Crippen molar-refractivity contribution in [1.29, 1.82) is 0 Å². The number of Topliss-reactive ketones (excluding diaryl/α,β-unsaturated/α-hetero) is 1. The fourth-order valence-electron chi connectivity index (χ4n) is 3.37. The zero-order chi connectivity index (χ0) is 16.8. The van der Waals surface area contributed by atoms with Crippen LogP contribution in [0, 0.1) is 13.8 Å². The Hall–Kier alpha value is -2.27. The van der Waals surface area contributed by atoms with Gasteiger partial charge in [0.15, 0.2) is 5.78 Å². The molecule has 0 aliphatic heterocycles. The van der Waals surface area contributed by atoms with E-state index in [1.54, 1.807) is 0 Å². The Balaban J connectivity index is 1.69. The lowest BCUT2D eigenvalue weighted by molar-refractivity contribution is 0.0970. The first-order valence-electron chi connectivity index (χ1n) is 8.15. The third-order valence-corrected chi connectivity index (χ3v) is 6.01. The Bertz CT molecular complexity index is 1030. The molecule has 1 aromatic carbocycles. The summed E-state index contributed by atoms with van der Waals surface area (Å²) in [6.07, 6.45) is 4.78. The van der Waals surface area contributed by atoms with Crippen LogP contribution in [0.4, 0.5) is 0 Å². The van der Waals surface area contributed by atoms with Gasteiger partial charge in [-0.2, -0.15) is 0 Å². The maximum absolute atomic E-state index is 12.7. The lowest BCUT2D eigenvalue weighted by Gasteiger charge is -2.07. The van der Waals surface area contributed by atoms with E-state index in [9.17, 15) is 9.59 Å². The molecule has 3 aromatic rings. The Kier molecular flexibility index (Phi) is 3.61. The summed E-state index contributed by atoms with van der Waals surface area (Å²) in [6.45, 7) is 3.96. The molecule has 0 radical (unpaired) electrons. The van der Waals surface area contributed by atoms with E-state index in [1.807, 2.05) is 32.0 Å². The fraction of sp³-hybridized carbons (Fsp3) is 0.316. The highest BCUT2D eigenvalue weighted by molar-refractivity contribution is 7.18. The van der Waals surface area contributed by atoms with E-state index >= 15 is 0 Å². The van der Waals surface area contributed by atoms with Crippen LogP contribution in [-0.4, -0.2) is 15.3 Å². The molecule has 24 heavy (non-hydrogen) atoms. The van der Waals surface area contributed by atoms with Crippen LogP contribution in [0.1, 0.15) is 38.3 Å². The zero-order valence-corrected chi connectivity index (χ0v) is 14.6. The van der Waals surface area contributed by atoms with Gasteiger partial charge >= 0.3 is 0 Å². The van der Waals surface area contributed by atoms with Crippen LogP contribution < -0.4 is 5.56 Å². The van der Waals surface area contributed by atoms with Gasteiger partial charge in [-0.15, -0.1) is 11.3 Å². The van der Waals surface area contributed by atoms with Gasteiger partial charge in [-0.25, -0.2) is 4.98 Å². The van der Waals surface area contributed by atoms with Crippen LogP contribution in [0.25, 0.3) is 10.2 Å².